The number of benzene rings is 3. The molecule has 0 radical (unpaired) electrons. The molecule has 0 aliphatic carbocycles. The largest absolute Gasteiger partial charge is 0.478 e. The molecule has 5 aromatic rings. The van der Waals surface area contributed by atoms with E-state index in [9.17, 15) is 19.5 Å². The average Bonchev–Trinajstić information content (AvgIpc) is 3.53. The third-order valence-corrected chi connectivity index (χ3v) is 9.40. The molecule has 47 heavy (non-hydrogen) atoms. The Hall–Kier alpha value is -5.28. The fraction of sp³-hybridized carbons (Fsp3) is 0.211. The molecule has 0 bridgehead atoms. The maximum atomic E-state index is 14.4. The van der Waals surface area contributed by atoms with Gasteiger partial charge in [-0.05, 0) is 79.8 Å². The zero-order chi connectivity index (χ0) is 33.4. The molecule has 238 valence electrons. The van der Waals surface area contributed by atoms with Crippen LogP contribution < -0.4 is 14.9 Å². The summed E-state index contributed by atoms with van der Waals surface area (Å²) in [5.74, 6) is -1.18. The highest BCUT2D eigenvalue weighted by Gasteiger charge is 2.35. The van der Waals surface area contributed by atoms with Gasteiger partial charge in [-0.1, -0.05) is 79.8 Å². The van der Waals surface area contributed by atoms with E-state index in [4.69, 9.17) is 9.73 Å². The van der Waals surface area contributed by atoms with Crippen LogP contribution >= 0.6 is 11.3 Å². The van der Waals surface area contributed by atoms with Crippen molar-refractivity contribution >= 4 is 35.0 Å². The molecule has 1 aliphatic rings. The average molecular weight is 646 g/mol. The lowest BCUT2D eigenvalue weighted by molar-refractivity contribution is -0.138. The van der Waals surface area contributed by atoms with Crippen molar-refractivity contribution in [3.8, 4) is 5.69 Å². The van der Waals surface area contributed by atoms with Crippen molar-refractivity contribution in [3.05, 3.63) is 149 Å². The number of esters is 1. The fourth-order valence-electron chi connectivity index (χ4n) is 6.04. The van der Waals surface area contributed by atoms with Gasteiger partial charge in [-0.25, -0.2) is 14.6 Å². The molecule has 0 saturated heterocycles. The van der Waals surface area contributed by atoms with Crippen LogP contribution in [0.1, 0.15) is 76.7 Å². The van der Waals surface area contributed by atoms with E-state index in [1.54, 1.807) is 35.8 Å². The molecule has 1 aliphatic heterocycles. The first-order chi connectivity index (χ1) is 22.6. The Morgan fingerprint density at radius 1 is 1.00 bits per heavy atom. The number of hydrogen-bond donors (Lipinski definition) is 1. The van der Waals surface area contributed by atoms with E-state index in [2.05, 4.69) is 13.8 Å². The van der Waals surface area contributed by atoms with Crippen LogP contribution in [0.5, 0.6) is 0 Å². The molecular weight excluding hydrogens is 611 g/mol. The summed E-state index contributed by atoms with van der Waals surface area (Å²) < 4.78 is 9.71. The number of carboxylic acid groups (broad SMARTS) is 1. The Morgan fingerprint density at radius 3 is 2.30 bits per heavy atom. The Labute approximate surface area is 276 Å². The van der Waals surface area contributed by atoms with E-state index in [1.807, 2.05) is 85.2 Å². The van der Waals surface area contributed by atoms with Crippen LogP contribution in [0.2, 0.25) is 0 Å². The van der Waals surface area contributed by atoms with Crippen LogP contribution in [0.4, 0.5) is 0 Å². The van der Waals surface area contributed by atoms with Crippen molar-refractivity contribution in [2.24, 2.45) is 4.99 Å². The molecule has 1 atom stereocenters. The number of hydrogen-bond acceptors (Lipinski definition) is 6. The topological polar surface area (TPSA) is 103 Å². The van der Waals surface area contributed by atoms with E-state index in [0.29, 0.717) is 26.5 Å². The number of nitrogens with zero attached hydrogens (tertiary/aromatic N) is 3. The highest BCUT2D eigenvalue weighted by atomic mass is 32.1. The maximum Gasteiger partial charge on any atom is 0.338 e. The van der Waals surface area contributed by atoms with E-state index < -0.39 is 18.0 Å². The quantitative estimate of drug-likeness (QED) is 0.204. The van der Waals surface area contributed by atoms with Crippen LogP contribution in [0.15, 0.2) is 100 Å². The first kappa shape index (κ1) is 31.7. The third-order valence-electron chi connectivity index (χ3n) is 8.42. The predicted molar refractivity (Wildman–Crippen MR) is 184 cm³/mol. The summed E-state index contributed by atoms with van der Waals surface area (Å²) >= 11 is 1.28. The van der Waals surface area contributed by atoms with E-state index in [1.165, 1.54) is 11.3 Å². The van der Waals surface area contributed by atoms with Gasteiger partial charge in [0.25, 0.3) is 5.56 Å². The van der Waals surface area contributed by atoms with Crippen LogP contribution in [0.3, 0.4) is 0 Å². The van der Waals surface area contributed by atoms with Crippen LogP contribution in [-0.2, 0) is 9.53 Å². The number of rotatable bonds is 8. The molecule has 8 nitrogen and oxygen atoms in total. The molecule has 1 N–H and O–H groups in total. The predicted octanol–water partition coefficient (Wildman–Crippen LogP) is 6.16. The molecule has 3 heterocycles. The number of thiazole rings is 1. The lowest BCUT2D eigenvalue weighted by Gasteiger charge is -2.26. The van der Waals surface area contributed by atoms with Crippen LogP contribution in [0, 0.1) is 13.8 Å². The number of carbonyl (C=O) groups excluding carboxylic acids is 1. The summed E-state index contributed by atoms with van der Waals surface area (Å²) in [6.07, 6.45) is 1.86. The number of fused-ring (bicyclic) bond motifs is 1. The van der Waals surface area contributed by atoms with Gasteiger partial charge >= 0.3 is 11.9 Å². The molecule has 0 amide bonds. The van der Waals surface area contributed by atoms with Gasteiger partial charge in [0.15, 0.2) is 4.80 Å². The highest BCUT2D eigenvalue weighted by Crippen LogP contribution is 2.35. The van der Waals surface area contributed by atoms with Crippen molar-refractivity contribution < 1.29 is 19.4 Å². The zero-order valence-electron chi connectivity index (χ0n) is 26.9. The number of carboxylic acids is 1. The molecule has 0 unspecified atom stereocenters. The van der Waals surface area contributed by atoms with Gasteiger partial charge in [0, 0.05) is 22.6 Å². The minimum absolute atomic E-state index is 0.183. The smallest absolute Gasteiger partial charge is 0.338 e. The van der Waals surface area contributed by atoms with Crippen molar-refractivity contribution in [2.75, 3.05) is 6.61 Å². The summed E-state index contributed by atoms with van der Waals surface area (Å²) in [5.41, 5.74) is 6.96. The standard InChI is InChI=1S/C38H35N3O5S/c1-6-46-37(45)32-33(26-10-8-7-9-11-26)39-38-41(34(32)27-14-12-25(13-15-27)22(2)3)35(42)31(47-38)21-29-20-23(4)40(24(29)5)30-18-16-28(17-19-30)36(43)44/h7-22,34H,6H2,1-5H3,(H,43,44)/b31-21-/t34-/m0/s1. The second-order valence-corrected chi connectivity index (χ2v) is 12.8. The highest BCUT2D eigenvalue weighted by molar-refractivity contribution is 7.07. The van der Waals surface area contributed by atoms with Gasteiger partial charge in [0.05, 0.1) is 34.0 Å². The number of aromatic carboxylic acids is 1. The minimum atomic E-state index is -0.982. The molecular formula is C38H35N3O5S. The summed E-state index contributed by atoms with van der Waals surface area (Å²) in [4.78, 5) is 44.9. The number of aromatic nitrogens is 2. The van der Waals surface area contributed by atoms with Crippen molar-refractivity contribution in [1.29, 1.82) is 0 Å². The van der Waals surface area contributed by atoms with Gasteiger partial charge < -0.3 is 14.4 Å². The molecule has 3 aromatic carbocycles. The van der Waals surface area contributed by atoms with Crippen molar-refractivity contribution in [1.82, 2.24) is 9.13 Å². The van der Waals surface area contributed by atoms with E-state index in [0.717, 1.165) is 39.3 Å². The molecule has 6 rings (SSSR count). The fourth-order valence-corrected chi connectivity index (χ4v) is 7.04. The van der Waals surface area contributed by atoms with E-state index in [-0.39, 0.29) is 17.7 Å². The summed E-state index contributed by atoms with van der Waals surface area (Å²) in [6.45, 7) is 10.1. The number of aryl methyl sites for hydroxylation is 1. The monoisotopic (exact) mass is 645 g/mol. The first-order valence-corrected chi connectivity index (χ1v) is 16.3. The summed E-state index contributed by atoms with van der Waals surface area (Å²) in [5, 5.41) is 9.32. The second-order valence-electron chi connectivity index (χ2n) is 11.8. The third kappa shape index (κ3) is 5.90. The van der Waals surface area contributed by atoms with Crippen LogP contribution in [0.25, 0.3) is 17.5 Å². The van der Waals surface area contributed by atoms with Crippen molar-refractivity contribution in [2.45, 2.75) is 46.6 Å². The van der Waals surface area contributed by atoms with Gasteiger partial charge in [-0.15, -0.1) is 0 Å². The normalized spacial score (nSPS) is 14.7. The van der Waals surface area contributed by atoms with Crippen molar-refractivity contribution in [3.63, 3.8) is 0 Å². The summed E-state index contributed by atoms with van der Waals surface area (Å²) in [7, 11) is 0. The van der Waals surface area contributed by atoms with Gasteiger partial charge in [0.1, 0.15) is 0 Å². The molecule has 0 spiro atoms. The maximum absolute atomic E-state index is 14.4. The Balaban J connectivity index is 1.56. The summed E-state index contributed by atoms with van der Waals surface area (Å²) in [6, 6.07) is 25.5. The number of ether oxygens (including phenoxy) is 1. The van der Waals surface area contributed by atoms with Gasteiger partial charge in [-0.2, -0.15) is 0 Å². The lowest BCUT2D eigenvalue weighted by atomic mass is 9.91. The Bertz CT molecular complexity index is 2200. The SMILES string of the molecule is CCOC(=O)C1=C(c2ccccc2)N=c2s/c(=C\c3cc(C)n(-c4ccc(C(=O)O)cc4)c3C)c(=O)n2[C@H]1c1ccc(C(C)C)cc1. The van der Waals surface area contributed by atoms with Crippen LogP contribution in [-0.4, -0.2) is 32.8 Å². The van der Waals surface area contributed by atoms with Gasteiger partial charge in [-0.3, -0.25) is 9.36 Å². The molecule has 9 heteroatoms. The van der Waals surface area contributed by atoms with E-state index >= 15 is 0 Å². The molecule has 2 aromatic heterocycles. The molecule has 0 fully saturated rings. The molecule has 0 saturated carbocycles. The minimum Gasteiger partial charge on any atom is -0.478 e. The van der Waals surface area contributed by atoms with Gasteiger partial charge in [0.2, 0.25) is 0 Å². The second kappa shape index (κ2) is 12.8. The Kier molecular flexibility index (Phi) is 8.66. The lowest BCUT2D eigenvalue weighted by Crippen LogP contribution is -2.40. The first-order valence-electron chi connectivity index (χ1n) is 15.5. The Morgan fingerprint density at radius 2 is 1.68 bits per heavy atom. The number of carbonyl (C=O) groups is 2. The zero-order valence-corrected chi connectivity index (χ0v) is 27.7.